The molecule has 1 fully saturated rings. The van der Waals surface area contributed by atoms with Gasteiger partial charge in [0.05, 0.1) is 18.3 Å². The molecule has 0 saturated heterocycles. The lowest BCUT2D eigenvalue weighted by Gasteiger charge is -2.02. The lowest BCUT2D eigenvalue weighted by atomic mass is 10.2. The number of amides is 1. The predicted octanol–water partition coefficient (Wildman–Crippen LogP) is 2.93. The van der Waals surface area contributed by atoms with Gasteiger partial charge >= 0.3 is 0 Å². The second kappa shape index (κ2) is 6.12. The van der Waals surface area contributed by atoms with Crippen molar-refractivity contribution in [2.45, 2.75) is 25.2 Å². The highest BCUT2D eigenvalue weighted by atomic mass is 19.1. The van der Waals surface area contributed by atoms with Gasteiger partial charge in [0.25, 0.3) is 0 Å². The van der Waals surface area contributed by atoms with Crippen molar-refractivity contribution in [2.75, 3.05) is 5.32 Å². The first-order valence-electron chi connectivity index (χ1n) is 7.92. The molecular formula is C17H15F2N5O. The summed E-state index contributed by atoms with van der Waals surface area (Å²) in [4.78, 5) is 12.1. The van der Waals surface area contributed by atoms with Crippen molar-refractivity contribution in [3.8, 4) is 5.69 Å². The summed E-state index contributed by atoms with van der Waals surface area (Å²) >= 11 is 0. The van der Waals surface area contributed by atoms with Gasteiger partial charge in [-0.1, -0.05) is 0 Å². The van der Waals surface area contributed by atoms with Crippen molar-refractivity contribution >= 4 is 11.7 Å². The van der Waals surface area contributed by atoms with E-state index >= 15 is 0 Å². The van der Waals surface area contributed by atoms with E-state index in [2.05, 4.69) is 20.6 Å². The van der Waals surface area contributed by atoms with Gasteiger partial charge in [-0.25, -0.2) is 13.5 Å². The number of halogens is 2. The molecule has 0 radical (unpaired) electrons. The second-order valence-corrected chi connectivity index (χ2v) is 6.13. The van der Waals surface area contributed by atoms with Crippen molar-refractivity contribution in [2.24, 2.45) is 0 Å². The largest absolute Gasteiger partial charge is 0.309 e. The van der Waals surface area contributed by atoms with Gasteiger partial charge in [-0.05, 0) is 30.5 Å². The van der Waals surface area contributed by atoms with E-state index in [4.69, 9.17) is 0 Å². The zero-order valence-electron chi connectivity index (χ0n) is 13.2. The van der Waals surface area contributed by atoms with Gasteiger partial charge in [0, 0.05) is 29.9 Å². The van der Waals surface area contributed by atoms with E-state index in [1.54, 1.807) is 6.20 Å². The van der Waals surface area contributed by atoms with E-state index in [-0.39, 0.29) is 18.0 Å². The molecule has 1 aromatic carbocycles. The molecule has 25 heavy (non-hydrogen) atoms. The Morgan fingerprint density at radius 2 is 2.00 bits per heavy atom. The van der Waals surface area contributed by atoms with Crippen molar-refractivity contribution in [3.63, 3.8) is 0 Å². The SMILES string of the molecule is O=C(Cc1cnn(-c2cc(F)cc(F)c2)c1)Nc1cc(C2CC2)[nH]n1. The molecule has 0 unspecified atom stereocenters. The van der Waals surface area contributed by atoms with E-state index in [1.807, 2.05) is 6.07 Å². The zero-order chi connectivity index (χ0) is 17.4. The highest BCUT2D eigenvalue weighted by Gasteiger charge is 2.25. The van der Waals surface area contributed by atoms with Crippen molar-refractivity contribution in [1.29, 1.82) is 0 Å². The third kappa shape index (κ3) is 3.57. The van der Waals surface area contributed by atoms with Crippen LogP contribution in [0.2, 0.25) is 0 Å². The Bertz CT molecular complexity index is 909. The maximum absolute atomic E-state index is 13.3. The van der Waals surface area contributed by atoms with Gasteiger partial charge < -0.3 is 5.32 Å². The van der Waals surface area contributed by atoms with Crippen LogP contribution in [0.3, 0.4) is 0 Å². The molecule has 0 aliphatic heterocycles. The summed E-state index contributed by atoms with van der Waals surface area (Å²) in [6, 6.07) is 4.97. The van der Waals surface area contributed by atoms with E-state index in [0.717, 1.165) is 24.6 Å². The lowest BCUT2D eigenvalue weighted by molar-refractivity contribution is -0.115. The fraction of sp³-hybridized carbons (Fsp3) is 0.235. The molecule has 0 bridgehead atoms. The first-order valence-corrected chi connectivity index (χ1v) is 7.92. The molecular weight excluding hydrogens is 328 g/mol. The Kier molecular flexibility index (Phi) is 3.79. The number of anilines is 1. The van der Waals surface area contributed by atoms with Gasteiger partial charge in [0.15, 0.2) is 5.82 Å². The van der Waals surface area contributed by atoms with Gasteiger partial charge in [-0.15, -0.1) is 0 Å². The molecule has 0 atom stereocenters. The molecule has 6 nitrogen and oxygen atoms in total. The summed E-state index contributed by atoms with van der Waals surface area (Å²) in [5.74, 6) is -0.585. The zero-order valence-corrected chi connectivity index (χ0v) is 13.2. The number of benzene rings is 1. The monoisotopic (exact) mass is 343 g/mol. The molecule has 2 aromatic heterocycles. The maximum Gasteiger partial charge on any atom is 0.230 e. The van der Waals surface area contributed by atoms with Crippen LogP contribution < -0.4 is 5.32 Å². The second-order valence-electron chi connectivity index (χ2n) is 6.13. The molecule has 0 spiro atoms. The number of H-pyrrole nitrogens is 1. The van der Waals surface area contributed by atoms with Crippen LogP contribution in [0.25, 0.3) is 5.69 Å². The summed E-state index contributed by atoms with van der Waals surface area (Å²) in [5.41, 5.74) is 1.92. The number of nitrogens with zero attached hydrogens (tertiary/aromatic N) is 3. The average molecular weight is 343 g/mol. The fourth-order valence-electron chi connectivity index (χ4n) is 2.64. The highest BCUT2D eigenvalue weighted by molar-refractivity contribution is 5.91. The van der Waals surface area contributed by atoms with Crippen LogP contribution in [0.4, 0.5) is 14.6 Å². The van der Waals surface area contributed by atoms with Crippen LogP contribution in [0.15, 0.2) is 36.7 Å². The van der Waals surface area contributed by atoms with Crippen LogP contribution in [-0.2, 0) is 11.2 Å². The average Bonchev–Trinajstić information content (AvgIpc) is 3.12. The number of aromatic nitrogens is 4. The summed E-state index contributed by atoms with van der Waals surface area (Å²) in [6.07, 6.45) is 5.44. The van der Waals surface area contributed by atoms with Crippen LogP contribution in [0.5, 0.6) is 0 Å². The van der Waals surface area contributed by atoms with Crippen molar-refractivity contribution in [1.82, 2.24) is 20.0 Å². The molecule has 2 heterocycles. The first-order chi connectivity index (χ1) is 12.1. The summed E-state index contributed by atoms with van der Waals surface area (Å²) in [5, 5.41) is 13.8. The van der Waals surface area contributed by atoms with Gasteiger partial charge in [0.2, 0.25) is 5.91 Å². The minimum atomic E-state index is -0.685. The molecule has 1 amide bonds. The number of carbonyl (C=O) groups is 1. The van der Waals surface area contributed by atoms with Gasteiger partial charge in [-0.2, -0.15) is 10.2 Å². The van der Waals surface area contributed by atoms with E-state index in [9.17, 15) is 13.6 Å². The summed E-state index contributed by atoms with van der Waals surface area (Å²) in [6.45, 7) is 0. The van der Waals surface area contributed by atoms with E-state index < -0.39 is 11.6 Å². The predicted molar refractivity (Wildman–Crippen MR) is 86.4 cm³/mol. The number of hydrogen-bond donors (Lipinski definition) is 2. The molecule has 3 aromatic rings. The number of nitrogens with one attached hydrogen (secondary N) is 2. The lowest BCUT2D eigenvalue weighted by Crippen LogP contribution is -2.14. The molecule has 128 valence electrons. The number of rotatable bonds is 5. The van der Waals surface area contributed by atoms with Gasteiger partial charge in [0.1, 0.15) is 11.6 Å². The molecule has 1 saturated carbocycles. The Morgan fingerprint density at radius 1 is 1.24 bits per heavy atom. The number of aromatic amines is 1. The van der Waals surface area contributed by atoms with Crippen LogP contribution >= 0.6 is 0 Å². The molecule has 8 heteroatoms. The Labute approximate surface area is 141 Å². The fourth-order valence-corrected chi connectivity index (χ4v) is 2.64. The van der Waals surface area contributed by atoms with E-state index in [0.29, 0.717) is 17.3 Å². The minimum Gasteiger partial charge on any atom is -0.309 e. The van der Waals surface area contributed by atoms with Crippen LogP contribution in [0.1, 0.15) is 30.0 Å². The Morgan fingerprint density at radius 3 is 2.72 bits per heavy atom. The first kappa shape index (κ1) is 15.5. The summed E-state index contributed by atoms with van der Waals surface area (Å²) < 4.78 is 27.9. The summed E-state index contributed by atoms with van der Waals surface area (Å²) in [7, 11) is 0. The molecule has 2 N–H and O–H groups in total. The normalized spacial score (nSPS) is 13.8. The third-order valence-electron chi connectivity index (χ3n) is 3.99. The molecule has 1 aliphatic rings. The topological polar surface area (TPSA) is 75.6 Å². The Balaban J connectivity index is 1.42. The van der Waals surface area contributed by atoms with Crippen molar-refractivity contribution in [3.05, 3.63) is 59.6 Å². The number of carbonyl (C=O) groups excluding carboxylic acids is 1. The number of hydrogen-bond acceptors (Lipinski definition) is 3. The molecule has 1 aliphatic carbocycles. The van der Waals surface area contributed by atoms with Crippen LogP contribution in [-0.4, -0.2) is 25.9 Å². The standard InChI is InChI=1S/C17H15F2N5O/c18-12-4-13(19)6-14(5-12)24-9-10(8-20-24)3-17(25)21-16-7-15(22-23-16)11-1-2-11/h4-9,11H,1-3H2,(H2,21,22,23,25). The third-order valence-corrected chi connectivity index (χ3v) is 3.99. The Hall–Kier alpha value is -3.03. The van der Waals surface area contributed by atoms with Crippen LogP contribution in [0, 0.1) is 11.6 Å². The highest BCUT2D eigenvalue weighted by Crippen LogP contribution is 2.39. The maximum atomic E-state index is 13.3. The minimum absolute atomic E-state index is 0.0867. The van der Waals surface area contributed by atoms with E-state index in [1.165, 1.54) is 23.0 Å². The van der Waals surface area contributed by atoms with Crippen molar-refractivity contribution < 1.29 is 13.6 Å². The quantitative estimate of drug-likeness (QED) is 0.748. The van der Waals surface area contributed by atoms with Gasteiger partial charge in [-0.3, -0.25) is 9.89 Å². The smallest absolute Gasteiger partial charge is 0.230 e. The molecule has 4 rings (SSSR count).